The van der Waals surface area contributed by atoms with E-state index in [2.05, 4.69) is 140 Å². The van der Waals surface area contributed by atoms with Crippen LogP contribution in [0.1, 0.15) is 0 Å². The molecule has 0 bridgehead atoms. The Morgan fingerprint density at radius 2 is 0.446 bits per heavy atom. The molecule has 526 valence electrons. The third-order valence-corrected chi connectivity index (χ3v) is 21.7. The first kappa shape index (κ1) is 66.8. The van der Waals surface area contributed by atoms with Crippen molar-refractivity contribution in [1.29, 1.82) is 0 Å². The van der Waals surface area contributed by atoms with Crippen LogP contribution in [-0.2, 0) is 0 Å². The lowest BCUT2D eigenvalue weighted by atomic mass is 10.0. The third kappa shape index (κ3) is 13.4. The van der Waals surface area contributed by atoms with Crippen LogP contribution >= 0.6 is 23.5 Å². The third-order valence-electron chi connectivity index (χ3n) is 19.5. The van der Waals surface area contributed by atoms with Crippen molar-refractivity contribution in [2.24, 2.45) is 0 Å². The number of nitrogens with zero attached hydrogens (tertiary/aromatic N) is 12. The Morgan fingerprint density at radius 1 is 0.170 bits per heavy atom. The summed E-state index contributed by atoms with van der Waals surface area (Å²) in [4.78, 5) is 65.1. The molecule has 16 heteroatoms. The molecule has 14 aromatic carbocycles. The van der Waals surface area contributed by atoms with E-state index in [0.29, 0.717) is 75.5 Å². The first-order valence-corrected chi connectivity index (χ1v) is 38.1. The Bertz CT molecular complexity index is 6860. The Morgan fingerprint density at radius 3 is 0.875 bits per heavy atom. The minimum absolute atomic E-state index is 0.520. The van der Waals surface area contributed by atoms with Crippen molar-refractivity contribution in [3.63, 3.8) is 0 Å². The smallest absolute Gasteiger partial charge is 0.167 e. The van der Waals surface area contributed by atoms with Gasteiger partial charge in [-0.05, 0) is 83.9 Å². The van der Waals surface area contributed by atoms with Crippen molar-refractivity contribution in [3.8, 4) is 148 Å². The minimum Gasteiger partial charge on any atom is -0.456 e. The normalized spacial score (nSPS) is 11.5. The maximum Gasteiger partial charge on any atom is 0.167 e. The number of aromatic nitrogens is 12. The molecule has 0 aliphatic heterocycles. The van der Waals surface area contributed by atoms with Gasteiger partial charge < -0.3 is 8.83 Å². The van der Waals surface area contributed by atoms with Crippen LogP contribution < -0.4 is 0 Å². The van der Waals surface area contributed by atoms with Gasteiger partial charge in [-0.25, -0.2) is 59.8 Å². The number of rotatable bonds is 17. The molecule has 0 aliphatic carbocycles. The molecule has 0 N–H and O–H groups in total. The molecule has 14 nitrogen and oxygen atoms in total. The zero-order chi connectivity index (χ0) is 74.3. The lowest BCUT2D eigenvalue weighted by molar-refractivity contribution is 0.669. The highest BCUT2D eigenvalue weighted by atomic mass is 32.2. The summed E-state index contributed by atoms with van der Waals surface area (Å²) >= 11 is 3.27. The molecule has 0 spiro atoms. The molecule has 0 aliphatic rings. The molecular formula is C96H58N12O2S2. The van der Waals surface area contributed by atoms with Gasteiger partial charge in [0.25, 0.3) is 0 Å². The highest BCUT2D eigenvalue weighted by molar-refractivity contribution is 7.99. The molecule has 0 saturated carbocycles. The van der Waals surface area contributed by atoms with Gasteiger partial charge in [-0.1, -0.05) is 303 Å². The molecular weight excluding hydrogens is 1420 g/mol. The van der Waals surface area contributed by atoms with Crippen LogP contribution in [0.15, 0.2) is 380 Å². The molecule has 0 unspecified atom stereocenters. The van der Waals surface area contributed by atoms with Gasteiger partial charge in [0, 0.05) is 102 Å². The molecule has 112 heavy (non-hydrogen) atoms. The van der Waals surface area contributed by atoms with E-state index in [1.54, 1.807) is 23.5 Å². The predicted molar refractivity (Wildman–Crippen MR) is 446 cm³/mol. The van der Waals surface area contributed by atoms with Gasteiger partial charge in [0.15, 0.2) is 69.9 Å². The second-order valence-corrected chi connectivity index (χ2v) is 28.9. The molecule has 0 fully saturated rings. The van der Waals surface area contributed by atoms with Crippen molar-refractivity contribution < 1.29 is 8.83 Å². The van der Waals surface area contributed by atoms with Crippen molar-refractivity contribution in [3.05, 3.63) is 352 Å². The van der Waals surface area contributed by atoms with Crippen molar-refractivity contribution >= 4 is 67.4 Å². The van der Waals surface area contributed by atoms with Gasteiger partial charge in [0.1, 0.15) is 22.3 Å². The van der Waals surface area contributed by atoms with Crippen molar-refractivity contribution in [2.75, 3.05) is 0 Å². The van der Waals surface area contributed by atoms with Crippen LogP contribution in [0.2, 0.25) is 0 Å². The van der Waals surface area contributed by atoms with Gasteiger partial charge in [0.05, 0.1) is 5.56 Å². The van der Waals surface area contributed by atoms with Crippen LogP contribution in [0.3, 0.4) is 0 Å². The van der Waals surface area contributed by atoms with Crippen molar-refractivity contribution in [1.82, 2.24) is 59.8 Å². The number of hydrogen-bond acceptors (Lipinski definition) is 16. The van der Waals surface area contributed by atoms with E-state index in [1.807, 2.05) is 212 Å². The summed E-state index contributed by atoms with van der Waals surface area (Å²) in [5.74, 6) is 6.75. The van der Waals surface area contributed by atoms with Crippen LogP contribution in [0, 0.1) is 0 Å². The van der Waals surface area contributed by atoms with Gasteiger partial charge in [-0.15, -0.1) is 0 Å². The Labute approximate surface area is 650 Å². The monoisotopic (exact) mass is 1470 g/mol. The van der Waals surface area contributed by atoms with E-state index in [1.165, 1.54) is 0 Å². The van der Waals surface area contributed by atoms with Crippen LogP contribution in [-0.4, -0.2) is 59.8 Å². The zero-order valence-electron chi connectivity index (χ0n) is 59.5. The lowest BCUT2D eigenvalue weighted by Gasteiger charge is -2.12. The van der Waals surface area contributed by atoms with Gasteiger partial charge in [-0.3, -0.25) is 0 Å². The van der Waals surface area contributed by atoms with Crippen LogP contribution in [0.25, 0.3) is 192 Å². The van der Waals surface area contributed by atoms with E-state index in [9.17, 15) is 0 Å². The molecule has 0 radical (unpaired) electrons. The fourth-order valence-electron chi connectivity index (χ4n) is 13.9. The molecule has 0 saturated heterocycles. The average molecular weight is 1480 g/mol. The first-order valence-electron chi connectivity index (χ1n) is 36.5. The molecule has 20 rings (SSSR count). The molecule has 0 amide bonds. The van der Waals surface area contributed by atoms with Crippen LogP contribution in [0.5, 0.6) is 0 Å². The predicted octanol–water partition coefficient (Wildman–Crippen LogP) is 24.2. The second kappa shape index (κ2) is 29.2. The number of para-hydroxylation sites is 2. The maximum atomic E-state index is 6.78. The SMILES string of the molecule is c1ccc(-c2nc(-c3ccccc3)nc(-c3ccc(Sc4ccccc4-c4nc(-c5ccccc5)nc(-c5ccc6c(c5)oc5cc(-c7ccc(-c8nc(-c9ccccc9)nc(-c9ccc(Sc%10ccccc%10-c%10nc(-c%11ccccc%11)nc(-c%11cccc%12c%11oc%11ccccc%11%12)n%10)cc9)n8)cc7)ccc56)n4)cc3)n2)cc1. The van der Waals surface area contributed by atoms with E-state index in [-0.39, 0.29) is 0 Å². The van der Waals surface area contributed by atoms with Crippen molar-refractivity contribution in [2.45, 2.75) is 19.6 Å². The topological polar surface area (TPSA) is 181 Å². The summed E-state index contributed by atoms with van der Waals surface area (Å²) in [7, 11) is 0. The Kier molecular flexibility index (Phi) is 17.4. The van der Waals surface area contributed by atoms with E-state index in [4.69, 9.17) is 68.6 Å². The molecule has 6 heterocycles. The summed E-state index contributed by atoms with van der Waals surface area (Å²) < 4.78 is 13.3. The number of fused-ring (bicyclic) bond motifs is 6. The van der Waals surface area contributed by atoms with E-state index < -0.39 is 0 Å². The number of furan rings is 2. The largest absolute Gasteiger partial charge is 0.456 e. The number of benzene rings is 14. The van der Waals surface area contributed by atoms with Gasteiger partial charge in [0.2, 0.25) is 0 Å². The van der Waals surface area contributed by atoms with Gasteiger partial charge >= 0.3 is 0 Å². The van der Waals surface area contributed by atoms with Gasteiger partial charge in [-0.2, -0.15) is 0 Å². The zero-order valence-corrected chi connectivity index (χ0v) is 61.1. The fourth-order valence-corrected chi connectivity index (χ4v) is 15.8. The summed E-state index contributed by atoms with van der Waals surface area (Å²) in [5.41, 5.74) is 15.3. The summed E-state index contributed by atoms with van der Waals surface area (Å²) in [5, 5.41) is 4.01. The summed E-state index contributed by atoms with van der Waals surface area (Å²) in [6, 6.07) is 118. The minimum atomic E-state index is 0.520. The number of hydrogen-bond donors (Lipinski definition) is 0. The first-order chi connectivity index (χ1) is 55.4. The highest BCUT2D eigenvalue weighted by Gasteiger charge is 2.23. The van der Waals surface area contributed by atoms with E-state index >= 15 is 0 Å². The Balaban J connectivity index is 0.570. The van der Waals surface area contributed by atoms with E-state index in [0.717, 1.165) is 136 Å². The fraction of sp³-hybridized carbons (Fsp3) is 0. The molecule has 0 atom stereocenters. The highest BCUT2D eigenvalue weighted by Crippen LogP contribution is 2.43. The Hall–Kier alpha value is -14.6. The quantitative estimate of drug-likeness (QED) is 0.0839. The summed E-state index contributed by atoms with van der Waals surface area (Å²) in [6.45, 7) is 0. The molecule has 20 aromatic rings. The standard InChI is InChI=1S/C96H58N12O2S2/c1-6-23-60(24-7-1)85-97-86(61-25-8-2-9-26-61)100-91(99-85)66-45-51-70(52-46-66)111-82-39-20-17-34-76(82)94-104-88(63-29-12-4-13-30-63)103-93(107-94)69-50-56-74-73-55-49-68(57-80(73)109-81(74)58-69)59-41-43-65(44-42-59)90-98-87(62-27-10-3-11-28-62)101-92(102-90)67-47-53-71(54-48-67)112-83-40-21-18-35-77(83)95-105-89(64-31-14-5-15-32-64)106-96(108-95)78-37-22-36-75-72-33-16-19-38-79(72)110-84(75)78/h1-58H. The summed E-state index contributed by atoms with van der Waals surface area (Å²) in [6.07, 6.45) is 0. The molecule has 6 aromatic heterocycles. The lowest BCUT2D eigenvalue weighted by Crippen LogP contribution is -2.01. The maximum absolute atomic E-state index is 6.78. The van der Waals surface area contributed by atoms with Crippen LogP contribution in [0.4, 0.5) is 0 Å². The second-order valence-electron chi connectivity index (χ2n) is 26.7. The average Bonchev–Trinajstić information content (AvgIpc) is 1.63.